The van der Waals surface area contributed by atoms with Crippen LogP contribution in [0.3, 0.4) is 0 Å². The minimum absolute atomic E-state index is 0.00708. The Morgan fingerprint density at radius 3 is 2.28 bits per heavy atom. The lowest BCUT2D eigenvalue weighted by molar-refractivity contribution is -0.576. The zero-order valence-electron chi connectivity index (χ0n) is 16.7. The molecule has 29 heavy (non-hydrogen) atoms. The molecule has 0 saturated heterocycles. The highest BCUT2D eigenvalue weighted by atomic mass is 32.1. The fourth-order valence-electron chi connectivity index (χ4n) is 2.60. The summed E-state index contributed by atoms with van der Waals surface area (Å²) in [6.45, 7) is 7.51. The highest BCUT2D eigenvalue weighted by molar-refractivity contribution is 7.81. The highest BCUT2D eigenvalue weighted by Crippen LogP contribution is 2.23. The monoisotopic (exact) mass is 419 g/mol. The Balaban J connectivity index is 2.48. The van der Waals surface area contributed by atoms with Crippen LogP contribution < -0.4 is 14.6 Å². The van der Waals surface area contributed by atoms with Crippen molar-refractivity contribution in [3.05, 3.63) is 72.6 Å². The maximum atomic E-state index is 12.4. The summed E-state index contributed by atoms with van der Waals surface area (Å²) >= 11 is 5.47. The number of hydrogen-bond acceptors (Lipinski definition) is 3. The largest absolute Gasteiger partial charge is 0.502 e. The predicted octanol–water partition coefficient (Wildman–Crippen LogP) is 4.86. The van der Waals surface area contributed by atoms with E-state index in [1.54, 1.807) is 10.6 Å². The van der Waals surface area contributed by atoms with E-state index < -0.39 is 6.61 Å². The summed E-state index contributed by atoms with van der Waals surface area (Å²) < 4.78 is 30.8. The summed E-state index contributed by atoms with van der Waals surface area (Å²) in [7, 11) is 0. The summed E-state index contributed by atoms with van der Waals surface area (Å²) in [6, 6.07) is 9.64. The predicted molar refractivity (Wildman–Crippen MR) is 115 cm³/mol. The number of nitrogens with zero attached hydrogens (tertiary/aromatic N) is 1. The fraction of sp³-hybridized carbons (Fsp3) is 0.273. The molecule has 0 saturated carbocycles. The lowest BCUT2D eigenvalue weighted by atomic mass is 9.88. The van der Waals surface area contributed by atoms with Gasteiger partial charge in [-0.25, -0.2) is 0 Å². The van der Waals surface area contributed by atoms with Gasteiger partial charge in [0.25, 0.3) is 5.70 Å². The number of ether oxygens (including phenoxy) is 1. The molecule has 2 rings (SSSR count). The molecule has 1 aromatic heterocycles. The summed E-state index contributed by atoms with van der Waals surface area (Å²) in [6.07, 6.45) is 5.30. The molecule has 7 heteroatoms. The molecule has 0 amide bonds. The molecular formula is C22H25F2N2O2S+. The quantitative estimate of drug-likeness (QED) is 0.221. The van der Waals surface area contributed by atoms with Crippen LogP contribution in [-0.4, -0.2) is 23.3 Å². The molecule has 0 fully saturated rings. The van der Waals surface area contributed by atoms with Crippen molar-refractivity contribution < 1.29 is 23.2 Å². The van der Waals surface area contributed by atoms with E-state index in [1.807, 2.05) is 24.5 Å². The number of benzene rings is 1. The van der Waals surface area contributed by atoms with Gasteiger partial charge in [-0.3, -0.25) is 0 Å². The van der Waals surface area contributed by atoms with Crippen molar-refractivity contribution in [3.63, 3.8) is 0 Å². The number of thiocarbonyl (C=S) groups is 1. The van der Waals surface area contributed by atoms with Gasteiger partial charge in [-0.15, -0.1) is 6.58 Å². The van der Waals surface area contributed by atoms with Gasteiger partial charge in [0, 0.05) is 24.2 Å². The third-order valence-electron chi connectivity index (χ3n) is 4.15. The molecule has 0 radical (unpaired) electrons. The summed E-state index contributed by atoms with van der Waals surface area (Å²) in [5.41, 5.74) is 1.89. The van der Waals surface area contributed by atoms with Gasteiger partial charge in [0.2, 0.25) is 0 Å². The second-order valence-corrected chi connectivity index (χ2v) is 7.75. The van der Waals surface area contributed by atoms with Crippen molar-refractivity contribution >= 4 is 28.7 Å². The first-order valence-corrected chi connectivity index (χ1v) is 9.44. The van der Waals surface area contributed by atoms with Gasteiger partial charge in [-0.05, 0) is 35.2 Å². The normalized spacial score (nSPS) is 12.3. The summed E-state index contributed by atoms with van der Waals surface area (Å²) in [5.74, 6) is -0.0868. The van der Waals surface area contributed by atoms with Gasteiger partial charge in [0.05, 0.1) is 0 Å². The number of aromatic nitrogens is 1. The van der Waals surface area contributed by atoms with Gasteiger partial charge >= 0.3 is 6.61 Å². The zero-order chi connectivity index (χ0) is 21.6. The van der Waals surface area contributed by atoms with Crippen LogP contribution >= 0.6 is 12.2 Å². The summed E-state index contributed by atoms with van der Waals surface area (Å²) in [5, 5.41) is 13.9. The standard InChI is InChI=1S/C22H24F2N2O2S/c1-5-12-25-20(29)18(26-13-10-16(11-14-26)22(2,3)4)19(27)15-6-8-17(9-7-15)28-21(23)24/h5-11,13-14,21H,1,12H2,2-4H3,(H-,25,27,29)/p+1. The Bertz CT molecular complexity index is 887. The minimum atomic E-state index is -2.91. The van der Waals surface area contributed by atoms with Crippen LogP contribution in [0.1, 0.15) is 31.9 Å². The molecule has 154 valence electrons. The van der Waals surface area contributed by atoms with E-state index >= 15 is 0 Å². The molecule has 0 aliphatic carbocycles. The number of nitrogens with one attached hydrogen (secondary N) is 1. The Kier molecular flexibility index (Phi) is 7.45. The van der Waals surface area contributed by atoms with Gasteiger partial charge in [-0.1, -0.05) is 39.1 Å². The molecule has 0 atom stereocenters. The molecular weight excluding hydrogens is 394 g/mol. The molecule has 0 aliphatic heterocycles. The van der Waals surface area contributed by atoms with E-state index in [4.69, 9.17) is 12.2 Å². The van der Waals surface area contributed by atoms with Crippen molar-refractivity contribution in [2.24, 2.45) is 0 Å². The van der Waals surface area contributed by atoms with Crippen molar-refractivity contribution in [2.75, 3.05) is 6.54 Å². The smallest absolute Gasteiger partial charge is 0.387 e. The van der Waals surface area contributed by atoms with Crippen LogP contribution in [0.15, 0.2) is 61.4 Å². The third-order valence-corrected chi connectivity index (χ3v) is 4.49. The van der Waals surface area contributed by atoms with Crippen LogP contribution in [0.2, 0.25) is 0 Å². The first-order chi connectivity index (χ1) is 13.6. The van der Waals surface area contributed by atoms with Gasteiger partial charge < -0.3 is 15.2 Å². The molecule has 0 spiro atoms. The van der Waals surface area contributed by atoms with Crippen molar-refractivity contribution in [1.82, 2.24) is 5.32 Å². The number of pyridine rings is 1. The maximum absolute atomic E-state index is 12.4. The number of aliphatic hydroxyl groups is 1. The number of alkyl halides is 2. The van der Waals surface area contributed by atoms with E-state index in [9.17, 15) is 13.9 Å². The number of halogens is 2. The minimum Gasteiger partial charge on any atom is -0.502 e. The van der Waals surface area contributed by atoms with Gasteiger partial charge in [0.1, 0.15) is 5.75 Å². The van der Waals surface area contributed by atoms with E-state index in [-0.39, 0.29) is 16.9 Å². The van der Waals surface area contributed by atoms with Crippen molar-refractivity contribution in [2.45, 2.75) is 32.8 Å². The number of rotatable bonds is 7. The van der Waals surface area contributed by atoms with Crippen LogP contribution in [0.4, 0.5) is 8.78 Å². The van der Waals surface area contributed by atoms with E-state index in [0.29, 0.717) is 22.8 Å². The Morgan fingerprint density at radius 2 is 1.79 bits per heavy atom. The van der Waals surface area contributed by atoms with E-state index in [0.717, 1.165) is 5.56 Å². The molecule has 4 nitrogen and oxygen atoms in total. The Morgan fingerprint density at radius 1 is 1.21 bits per heavy atom. The van der Waals surface area contributed by atoms with E-state index in [2.05, 4.69) is 37.4 Å². The molecule has 2 N–H and O–H groups in total. The van der Waals surface area contributed by atoms with Crippen LogP contribution in [0, 0.1) is 0 Å². The Labute approximate surface area is 175 Å². The number of hydrogen-bond donors (Lipinski definition) is 2. The lowest BCUT2D eigenvalue weighted by Gasteiger charge is -2.18. The Hall–Kier alpha value is -2.80. The second-order valence-electron chi connectivity index (χ2n) is 7.34. The molecule has 0 bridgehead atoms. The van der Waals surface area contributed by atoms with E-state index in [1.165, 1.54) is 24.3 Å². The topological polar surface area (TPSA) is 45.4 Å². The first kappa shape index (κ1) is 22.5. The lowest BCUT2D eigenvalue weighted by Crippen LogP contribution is -2.41. The number of aliphatic hydroxyl groups excluding tert-OH is 1. The SMILES string of the molecule is C=CCNC(=S)/C(=C(\O)c1ccc(OC(F)F)cc1)[n+]1ccc(C(C)(C)C)cc1. The fourth-order valence-corrected chi connectivity index (χ4v) is 2.89. The van der Waals surface area contributed by atoms with Crippen molar-refractivity contribution in [3.8, 4) is 5.75 Å². The zero-order valence-corrected chi connectivity index (χ0v) is 17.5. The van der Waals surface area contributed by atoms with Crippen LogP contribution in [-0.2, 0) is 5.41 Å². The first-order valence-electron chi connectivity index (χ1n) is 9.03. The molecule has 1 heterocycles. The molecule has 2 aromatic rings. The third kappa shape index (κ3) is 6.09. The molecule has 0 aliphatic rings. The average Bonchev–Trinajstić information content (AvgIpc) is 2.66. The van der Waals surface area contributed by atoms with Gasteiger partial charge in [0.15, 0.2) is 23.1 Å². The maximum Gasteiger partial charge on any atom is 0.387 e. The van der Waals surface area contributed by atoms with Crippen LogP contribution in [0.25, 0.3) is 11.5 Å². The second kappa shape index (κ2) is 9.60. The highest BCUT2D eigenvalue weighted by Gasteiger charge is 2.24. The molecule has 0 unspecified atom stereocenters. The van der Waals surface area contributed by atoms with Gasteiger partial charge in [-0.2, -0.15) is 13.3 Å². The van der Waals surface area contributed by atoms with Crippen molar-refractivity contribution in [1.29, 1.82) is 0 Å². The summed E-state index contributed by atoms with van der Waals surface area (Å²) in [4.78, 5) is 0.323. The average molecular weight is 420 g/mol. The molecule has 1 aromatic carbocycles. The van der Waals surface area contributed by atoms with Crippen LogP contribution in [0.5, 0.6) is 5.75 Å².